The second kappa shape index (κ2) is 6.54. The first-order chi connectivity index (χ1) is 11.1. The van der Waals surface area contributed by atoms with Crippen molar-refractivity contribution in [1.82, 2.24) is 29.5 Å². The van der Waals surface area contributed by atoms with Crippen molar-refractivity contribution in [1.29, 1.82) is 0 Å². The van der Waals surface area contributed by atoms with Gasteiger partial charge in [-0.05, 0) is 19.0 Å². The number of nitrogens with one attached hydrogen (secondary N) is 1. The van der Waals surface area contributed by atoms with Gasteiger partial charge >= 0.3 is 0 Å². The number of hydrogen-bond acceptors (Lipinski definition) is 4. The van der Waals surface area contributed by atoms with Gasteiger partial charge in [0.05, 0.1) is 6.04 Å². The fourth-order valence-corrected chi connectivity index (χ4v) is 3.14. The highest BCUT2D eigenvalue weighted by atomic mass is 16.2. The van der Waals surface area contributed by atoms with Crippen LogP contribution in [0.4, 0.5) is 0 Å². The molecule has 7 heteroatoms. The Hall–Kier alpha value is -2.15. The number of imidazole rings is 1. The van der Waals surface area contributed by atoms with Crippen molar-refractivity contribution in [2.75, 3.05) is 26.2 Å². The predicted octanol–water partition coefficient (Wildman–Crippen LogP) is 1.22. The van der Waals surface area contributed by atoms with E-state index in [9.17, 15) is 4.79 Å². The summed E-state index contributed by atoms with van der Waals surface area (Å²) in [4.78, 5) is 21.5. The molecule has 1 aliphatic heterocycles. The Kier molecular flexibility index (Phi) is 4.47. The van der Waals surface area contributed by atoms with E-state index in [4.69, 9.17) is 0 Å². The summed E-state index contributed by atoms with van der Waals surface area (Å²) in [5.74, 6) is 0.997. The summed E-state index contributed by atoms with van der Waals surface area (Å²) < 4.78 is 2.03. The van der Waals surface area contributed by atoms with E-state index in [1.54, 1.807) is 0 Å². The van der Waals surface area contributed by atoms with Gasteiger partial charge in [-0.2, -0.15) is 5.10 Å². The summed E-state index contributed by atoms with van der Waals surface area (Å²) in [6.45, 7) is 7.36. The molecule has 2 aromatic heterocycles. The lowest BCUT2D eigenvalue weighted by atomic mass is 10.1. The number of carbonyl (C=O) groups is 1. The van der Waals surface area contributed by atoms with Crippen LogP contribution in [0.25, 0.3) is 0 Å². The zero-order valence-electron chi connectivity index (χ0n) is 14.0. The summed E-state index contributed by atoms with van der Waals surface area (Å²) >= 11 is 0. The molecule has 0 spiro atoms. The van der Waals surface area contributed by atoms with Crippen molar-refractivity contribution in [2.45, 2.75) is 26.3 Å². The van der Waals surface area contributed by atoms with E-state index in [-0.39, 0.29) is 11.9 Å². The second-order valence-corrected chi connectivity index (χ2v) is 5.92. The number of nitrogens with zero attached hydrogens (tertiary/aromatic N) is 5. The Morgan fingerprint density at radius 1 is 1.39 bits per heavy atom. The first-order valence-electron chi connectivity index (χ1n) is 8.18. The summed E-state index contributed by atoms with van der Waals surface area (Å²) in [7, 11) is 2.00. The minimum absolute atomic E-state index is 0.00378. The third-order valence-electron chi connectivity index (χ3n) is 4.57. The molecular formula is C16H24N6O. The van der Waals surface area contributed by atoms with Crippen molar-refractivity contribution in [3.63, 3.8) is 0 Å². The molecule has 0 aliphatic carbocycles. The van der Waals surface area contributed by atoms with E-state index in [2.05, 4.69) is 27.0 Å². The molecule has 124 valence electrons. The third kappa shape index (κ3) is 3.01. The number of aryl methyl sites for hydroxylation is 2. The summed E-state index contributed by atoms with van der Waals surface area (Å²) in [6, 6.07) is 1.98. The van der Waals surface area contributed by atoms with Crippen molar-refractivity contribution < 1.29 is 4.79 Å². The van der Waals surface area contributed by atoms with Crippen LogP contribution >= 0.6 is 0 Å². The largest absolute Gasteiger partial charge is 0.337 e. The third-order valence-corrected chi connectivity index (χ3v) is 4.57. The summed E-state index contributed by atoms with van der Waals surface area (Å²) in [5.41, 5.74) is 1.49. The Bertz CT molecular complexity index is 676. The fraction of sp³-hybridized carbons (Fsp3) is 0.562. The van der Waals surface area contributed by atoms with E-state index in [0.717, 1.165) is 37.6 Å². The monoisotopic (exact) mass is 316 g/mol. The molecule has 1 fully saturated rings. The van der Waals surface area contributed by atoms with Crippen LogP contribution in [0.2, 0.25) is 0 Å². The molecule has 3 heterocycles. The van der Waals surface area contributed by atoms with E-state index in [1.165, 1.54) is 0 Å². The molecule has 0 radical (unpaired) electrons. The molecule has 0 aromatic carbocycles. The lowest BCUT2D eigenvalue weighted by molar-refractivity contribution is 0.0467. The Morgan fingerprint density at radius 3 is 2.83 bits per heavy atom. The molecule has 1 N–H and O–H groups in total. The van der Waals surface area contributed by atoms with Gasteiger partial charge in [-0.3, -0.25) is 14.8 Å². The zero-order chi connectivity index (χ0) is 16.4. The Balaban J connectivity index is 1.79. The Morgan fingerprint density at radius 2 is 2.22 bits per heavy atom. The number of amides is 1. The average molecular weight is 316 g/mol. The number of aromatic nitrogens is 4. The number of likely N-dealkylation sites (N-methyl/N-ethyl adjacent to an activating group) is 1. The first kappa shape index (κ1) is 15.7. The first-order valence-corrected chi connectivity index (χ1v) is 8.18. The molecule has 0 saturated carbocycles. The van der Waals surface area contributed by atoms with Crippen molar-refractivity contribution >= 4 is 5.91 Å². The molecule has 1 atom stereocenters. The van der Waals surface area contributed by atoms with Crippen LogP contribution in [-0.2, 0) is 13.5 Å². The van der Waals surface area contributed by atoms with Crippen LogP contribution in [0.5, 0.6) is 0 Å². The van der Waals surface area contributed by atoms with Crippen LogP contribution in [0.15, 0.2) is 18.5 Å². The van der Waals surface area contributed by atoms with E-state index >= 15 is 0 Å². The summed E-state index contributed by atoms with van der Waals surface area (Å²) in [6.07, 6.45) is 4.61. The van der Waals surface area contributed by atoms with Crippen LogP contribution < -0.4 is 0 Å². The number of hydrogen-bond donors (Lipinski definition) is 1. The maximum atomic E-state index is 12.7. The highest BCUT2D eigenvalue weighted by Gasteiger charge is 2.32. The van der Waals surface area contributed by atoms with Gasteiger partial charge in [-0.25, -0.2) is 4.98 Å². The van der Waals surface area contributed by atoms with E-state index < -0.39 is 0 Å². The maximum Gasteiger partial charge on any atom is 0.274 e. The fourth-order valence-electron chi connectivity index (χ4n) is 3.14. The van der Waals surface area contributed by atoms with Crippen LogP contribution in [0.3, 0.4) is 0 Å². The van der Waals surface area contributed by atoms with Crippen molar-refractivity contribution in [3.8, 4) is 0 Å². The molecule has 0 unspecified atom stereocenters. The van der Waals surface area contributed by atoms with Crippen LogP contribution in [-0.4, -0.2) is 61.6 Å². The van der Waals surface area contributed by atoms with Crippen LogP contribution in [0.1, 0.15) is 41.9 Å². The highest BCUT2D eigenvalue weighted by molar-refractivity contribution is 5.92. The van der Waals surface area contributed by atoms with Gasteiger partial charge in [0.25, 0.3) is 5.91 Å². The maximum absolute atomic E-state index is 12.7. The molecule has 7 nitrogen and oxygen atoms in total. The molecule has 0 bridgehead atoms. The molecule has 1 aliphatic rings. The minimum Gasteiger partial charge on any atom is -0.337 e. The lowest BCUT2D eigenvalue weighted by Gasteiger charge is -2.40. The summed E-state index contributed by atoms with van der Waals surface area (Å²) in [5, 5.41) is 7.07. The second-order valence-electron chi connectivity index (χ2n) is 5.92. The number of carbonyl (C=O) groups excluding carboxylic acids is 1. The van der Waals surface area contributed by atoms with E-state index in [1.807, 2.05) is 41.9 Å². The van der Waals surface area contributed by atoms with Crippen molar-refractivity contribution in [3.05, 3.63) is 35.7 Å². The predicted molar refractivity (Wildman–Crippen MR) is 87.1 cm³/mol. The molecule has 23 heavy (non-hydrogen) atoms. The van der Waals surface area contributed by atoms with Gasteiger partial charge in [-0.15, -0.1) is 0 Å². The molecule has 1 saturated heterocycles. The number of H-pyrrole nitrogens is 1. The lowest BCUT2D eigenvalue weighted by Crippen LogP contribution is -2.51. The number of piperazine rings is 1. The average Bonchev–Trinajstić information content (AvgIpc) is 3.22. The Labute approximate surface area is 136 Å². The molecule has 3 rings (SSSR count). The number of aromatic amines is 1. The van der Waals surface area contributed by atoms with Gasteiger partial charge in [0.2, 0.25) is 0 Å². The number of rotatable bonds is 4. The standard InChI is InChI=1S/C16H24N6O/c1-4-12-10-13(19-18-12)16(23)22-9-8-21(5-2)14(11-22)15-17-6-7-20(15)3/h6-7,10,14H,4-5,8-9,11H2,1-3H3,(H,18,19)/t14-/m1/s1. The topological polar surface area (TPSA) is 70.1 Å². The van der Waals surface area contributed by atoms with Gasteiger partial charge in [-0.1, -0.05) is 13.8 Å². The van der Waals surface area contributed by atoms with Crippen LogP contribution in [0, 0.1) is 0 Å². The van der Waals surface area contributed by atoms with Gasteiger partial charge < -0.3 is 9.47 Å². The molecule has 2 aromatic rings. The van der Waals surface area contributed by atoms with E-state index in [0.29, 0.717) is 12.2 Å². The minimum atomic E-state index is -0.00378. The van der Waals surface area contributed by atoms with Gasteiger partial charge in [0.15, 0.2) is 0 Å². The molecular weight excluding hydrogens is 292 g/mol. The van der Waals surface area contributed by atoms with Crippen molar-refractivity contribution in [2.24, 2.45) is 7.05 Å². The highest BCUT2D eigenvalue weighted by Crippen LogP contribution is 2.24. The van der Waals surface area contributed by atoms with Gasteiger partial charge in [0.1, 0.15) is 11.5 Å². The smallest absolute Gasteiger partial charge is 0.274 e. The van der Waals surface area contributed by atoms with Gasteiger partial charge in [0, 0.05) is 44.8 Å². The normalized spacial score (nSPS) is 19.3. The quantitative estimate of drug-likeness (QED) is 0.921. The zero-order valence-corrected chi connectivity index (χ0v) is 14.0. The SMILES string of the molecule is CCc1cc(C(=O)N2CCN(CC)[C@@H](c3nccn3C)C2)n[nH]1. The molecule has 1 amide bonds.